The summed E-state index contributed by atoms with van der Waals surface area (Å²) in [4.78, 5) is 7.26. The van der Waals surface area contributed by atoms with Gasteiger partial charge in [0, 0.05) is 25.1 Å². The van der Waals surface area contributed by atoms with Crippen LogP contribution in [0.4, 0.5) is 0 Å². The van der Waals surface area contributed by atoms with Gasteiger partial charge >= 0.3 is 0 Å². The molecule has 1 atom stereocenters. The standard InChI is InChI=1S/C30H32N2O2/c1-23-29(31-30(34-23)27-12-6-3-7-13-27)16-18-33-28-14-8-11-25(20-28)19-26-15-17-32(22-26)21-24-9-4-2-5-10-24/h2-14,20,26H,15-19,21-22H2,1H3/t26-/m0/s1. The summed E-state index contributed by atoms with van der Waals surface area (Å²) in [5.41, 5.74) is 4.71. The summed E-state index contributed by atoms with van der Waals surface area (Å²) in [7, 11) is 0. The molecule has 0 spiro atoms. The highest BCUT2D eigenvalue weighted by atomic mass is 16.5. The maximum absolute atomic E-state index is 6.09. The lowest BCUT2D eigenvalue weighted by Gasteiger charge is -2.16. The summed E-state index contributed by atoms with van der Waals surface area (Å²) in [6.45, 7) is 5.94. The fraction of sp³-hybridized carbons (Fsp3) is 0.300. The molecule has 1 aromatic heterocycles. The number of oxazole rings is 1. The maximum Gasteiger partial charge on any atom is 0.226 e. The SMILES string of the molecule is Cc1oc(-c2ccccc2)nc1CCOc1cccc(C[C@@H]2CCN(Cc3ccccc3)C2)c1. The highest BCUT2D eigenvalue weighted by molar-refractivity contribution is 5.53. The fourth-order valence-electron chi connectivity index (χ4n) is 4.79. The van der Waals surface area contributed by atoms with E-state index in [4.69, 9.17) is 9.15 Å². The second-order valence-corrected chi connectivity index (χ2v) is 9.21. The van der Waals surface area contributed by atoms with E-state index in [1.165, 1.54) is 24.1 Å². The quantitative estimate of drug-likeness (QED) is 0.297. The molecule has 5 rings (SSSR count). The molecule has 4 aromatic rings. The Kier molecular flexibility index (Phi) is 7.06. The number of hydrogen-bond acceptors (Lipinski definition) is 4. The average molecular weight is 453 g/mol. The molecule has 4 heteroatoms. The van der Waals surface area contributed by atoms with Crippen LogP contribution in [-0.4, -0.2) is 29.6 Å². The summed E-state index contributed by atoms with van der Waals surface area (Å²) in [6.07, 6.45) is 3.09. The Morgan fingerprint density at radius 2 is 1.71 bits per heavy atom. The van der Waals surface area contributed by atoms with Crippen LogP contribution in [0.5, 0.6) is 5.75 Å². The summed E-state index contributed by atoms with van der Waals surface area (Å²) >= 11 is 0. The Morgan fingerprint density at radius 3 is 2.53 bits per heavy atom. The third-order valence-electron chi connectivity index (χ3n) is 6.56. The van der Waals surface area contributed by atoms with Gasteiger partial charge in [0.2, 0.25) is 5.89 Å². The predicted molar refractivity (Wildman–Crippen MR) is 136 cm³/mol. The second kappa shape index (κ2) is 10.7. The van der Waals surface area contributed by atoms with Crippen LogP contribution in [0.25, 0.3) is 11.5 Å². The molecule has 0 saturated carbocycles. The molecule has 0 radical (unpaired) electrons. The first-order chi connectivity index (χ1) is 16.7. The second-order valence-electron chi connectivity index (χ2n) is 9.21. The van der Waals surface area contributed by atoms with Crippen molar-refractivity contribution in [3.63, 3.8) is 0 Å². The zero-order valence-electron chi connectivity index (χ0n) is 19.8. The highest BCUT2D eigenvalue weighted by Crippen LogP contribution is 2.25. The largest absolute Gasteiger partial charge is 0.493 e. The van der Waals surface area contributed by atoms with E-state index < -0.39 is 0 Å². The summed E-state index contributed by atoms with van der Waals surface area (Å²) < 4.78 is 12.0. The van der Waals surface area contributed by atoms with Crippen molar-refractivity contribution in [2.45, 2.75) is 32.7 Å². The summed E-state index contributed by atoms with van der Waals surface area (Å²) in [6, 6.07) is 29.4. The minimum atomic E-state index is 0.583. The molecule has 0 aliphatic carbocycles. The number of hydrogen-bond donors (Lipinski definition) is 0. The Morgan fingerprint density at radius 1 is 0.941 bits per heavy atom. The van der Waals surface area contributed by atoms with Gasteiger partial charge in [0.1, 0.15) is 11.5 Å². The molecular weight excluding hydrogens is 420 g/mol. The van der Waals surface area contributed by atoms with Crippen molar-refractivity contribution in [3.05, 3.63) is 108 Å². The zero-order chi connectivity index (χ0) is 23.2. The van der Waals surface area contributed by atoms with Crippen molar-refractivity contribution in [1.29, 1.82) is 0 Å². The molecule has 1 aliphatic rings. The molecule has 1 aliphatic heterocycles. The van der Waals surface area contributed by atoms with Gasteiger partial charge in [-0.2, -0.15) is 0 Å². The highest BCUT2D eigenvalue weighted by Gasteiger charge is 2.22. The smallest absolute Gasteiger partial charge is 0.226 e. The molecular formula is C30H32N2O2. The van der Waals surface area contributed by atoms with Gasteiger partial charge in [-0.1, -0.05) is 60.7 Å². The van der Waals surface area contributed by atoms with Crippen molar-refractivity contribution in [3.8, 4) is 17.2 Å². The van der Waals surface area contributed by atoms with Gasteiger partial charge in [-0.25, -0.2) is 4.98 Å². The Hall–Kier alpha value is -3.37. The Bertz CT molecular complexity index is 1190. The first kappa shape index (κ1) is 22.4. The van der Waals surface area contributed by atoms with Crippen LogP contribution in [-0.2, 0) is 19.4 Å². The minimum Gasteiger partial charge on any atom is -0.493 e. The number of rotatable bonds is 9. The van der Waals surface area contributed by atoms with Gasteiger partial charge < -0.3 is 9.15 Å². The van der Waals surface area contributed by atoms with E-state index in [-0.39, 0.29) is 0 Å². The molecule has 1 saturated heterocycles. The van der Waals surface area contributed by atoms with Gasteiger partial charge in [-0.15, -0.1) is 0 Å². The number of aryl methyl sites for hydroxylation is 1. The summed E-state index contributed by atoms with van der Waals surface area (Å²) in [5, 5.41) is 0. The molecule has 0 amide bonds. The average Bonchev–Trinajstić information content (AvgIpc) is 3.46. The van der Waals surface area contributed by atoms with Crippen molar-refractivity contribution >= 4 is 0 Å². The van der Waals surface area contributed by atoms with E-state index in [9.17, 15) is 0 Å². The van der Waals surface area contributed by atoms with Crippen molar-refractivity contribution in [2.75, 3.05) is 19.7 Å². The van der Waals surface area contributed by atoms with Crippen LogP contribution in [0.3, 0.4) is 0 Å². The third-order valence-corrected chi connectivity index (χ3v) is 6.56. The van der Waals surface area contributed by atoms with Crippen LogP contribution in [0.1, 0.15) is 29.0 Å². The molecule has 0 N–H and O–H groups in total. The van der Waals surface area contributed by atoms with Crippen LogP contribution < -0.4 is 4.74 Å². The molecule has 174 valence electrons. The van der Waals surface area contributed by atoms with Crippen molar-refractivity contribution in [1.82, 2.24) is 9.88 Å². The lowest BCUT2D eigenvalue weighted by Crippen LogP contribution is -2.20. The normalized spacial score (nSPS) is 16.1. The number of benzene rings is 3. The van der Waals surface area contributed by atoms with Gasteiger partial charge in [0.25, 0.3) is 0 Å². The molecule has 2 heterocycles. The van der Waals surface area contributed by atoms with Gasteiger partial charge in [0.05, 0.1) is 12.3 Å². The van der Waals surface area contributed by atoms with Crippen LogP contribution in [0, 0.1) is 12.8 Å². The van der Waals surface area contributed by atoms with Crippen LogP contribution >= 0.6 is 0 Å². The maximum atomic E-state index is 6.09. The number of ether oxygens (including phenoxy) is 1. The Balaban J connectivity index is 1.12. The van der Waals surface area contributed by atoms with Gasteiger partial charge in [-0.05, 0) is 67.6 Å². The van der Waals surface area contributed by atoms with Gasteiger partial charge in [-0.3, -0.25) is 4.90 Å². The first-order valence-corrected chi connectivity index (χ1v) is 12.2. The number of likely N-dealkylation sites (tertiary alicyclic amines) is 1. The van der Waals surface area contributed by atoms with Crippen molar-refractivity contribution in [2.24, 2.45) is 5.92 Å². The van der Waals surface area contributed by atoms with E-state index in [1.807, 2.05) is 43.3 Å². The van der Waals surface area contributed by atoms with E-state index in [2.05, 4.69) is 58.4 Å². The zero-order valence-corrected chi connectivity index (χ0v) is 19.8. The van der Waals surface area contributed by atoms with E-state index in [1.54, 1.807) is 0 Å². The predicted octanol–water partition coefficient (Wildman–Crippen LogP) is 6.34. The van der Waals surface area contributed by atoms with E-state index >= 15 is 0 Å². The van der Waals surface area contributed by atoms with Crippen LogP contribution in [0.2, 0.25) is 0 Å². The first-order valence-electron chi connectivity index (χ1n) is 12.2. The lowest BCUT2D eigenvalue weighted by atomic mass is 9.98. The fourth-order valence-corrected chi connectivity index (χ4v) is 4.79. The molecule has 3 aromatic carbocycles. The number of aromatic nitrogens is 1. The topological polar surface area (TPSA) is 38.5 Å². The Labute approximate surface area is 202 Å². The molecule has 1 fully saturated rings. The van der Waals surface area contributed by atoms with Crippen LogP contribution in [0.15, 0.2) is 89.3 Å². The van der Waals surface area contributed by atoms with Crippen molar-refractivity contribution < 1.29 is 9.15 Å². The molecule has 0 unspecified atom stereocenters. The summed E-state index contributed by atoms with van der Waals surface area (Å²) in [5.74, 6) is 3.17. The lowest BCUT2D eigenvalue weighted by molar-refractivity contribution is 0.315. The minimum absolute atomic E-state index is 0.583. The van der Waals surface area contributed by atoms with Gasteiger partial charge in [0.15, 0.2) is 0 Å². The third kappa shape index (κ3) is 5.75. The number of nitrogens with zero attached hydrogens (tertiary/aromatic N) is 2. The molecule has 4 nitrogen and oxygen atoms in total. The van der Waals surface area contributed by atoms with E-state index in [0.29, 0.717) is 18.4 Å². The molecule has 0 bridgehead atoms. The monoisotopic (exact) mass is 452 g/mol. The molecule has 34 heavy (non-hydrogen) atoms. The van der Waals surface area contributed by atoms with E-state index in [0.717, 1.165) is 48.7 Å².